The Morgan fingerprint density at radius 3 is 2.50 bits per heavy atom. The summed E-state index contributed by atoms with van der Waals surface area (Å²) >= 11 is 3.19. The van der Waals surface area contributed by atoms with Crippen molar-refractivity contribution in [1.29, 1.82) is 0 Å². The smallest absolute Gasteiger partial charge is 0.243 e. The van der Waals surface area contributed by atoms with Crippen LogP contribution in [0.2, 0.25) is 0 Å². The topological polar surface area (TPSA) is 58.2 Å². The molecule has 0 saturated carbocycles. The van der Waals surface area contributed by atoms with Gasteiger partial charge in [0.2, 0.25) is 10.0 Å². The van der Waals surface area contributed by atoms with Crippen LogP contribution in [0.4, 0.5) is 4.39 Å². The van der Waals surface area contributed by atoms with Gasteiger partial charge in [0.1, 0.15) is 10.7 Å². The molecule has 0 atom stereocenters. The summed E-state index contributed by atoms with van der Waals surface area (Å²) in [6.07, 6.45) is 0. The van der Waals surface area contributed by atoms with Crippen LogP contribution in [0.25, 0.3) is 0 Å². The quantitative estimate of drug-likeness (QED) is 0.863. The molecule has 4 nitrogen and oxygen atoms in total. The fraction of sp³-hybridized carbons (Fsp3) is 0.455. The Hall–Kier alpha value is -0.500. The highest BCUT2D eigenvalue weighted by Crippen LogP contribution is 2.24. The van der Waals surface area contributed by atoms with Crippen LogP contribution in [-0.2, 0) is 16.6 Å². The molecular formula is C11H16BrFN2O2S. The van der Waals surface area contributed by atoms with Gasteiger partial charge in [-0.05, 0) is 33.0 Å². The summed E-state index contributed by atoms with van der Waals surface area (Å²) in [7, 11) is -2.17. The van der Waals surface area contributed by atoms with Crippen molar-refractivity contribution >= 4 is 26.0 Å². The molecular weight excluding hydrogens is 323 g/mol. The Kier molecular flexibility index (Phi) is 5.27. The summed E-state index contributed by atoms with van der Waals surface area (Å²) in [6, 6.07) is 2.53. The fourth-order valence-corrected chi connectivity index (χ4v) is 3.56. The standard InChI is InChI=1S/C11H16BrFN2O2S/c1-7(2)15-18(16,17)10-5-9(12)4-8(6-14-3)11(10)13/h4-5,7,14-15H,6H2,1-3H3. The SMILES string of the molecule is CNCc1cc(Br)cc(S(=O)(=O)NC(C)C)c1F. The Bertz CT molecular complexity index is 532. The Morgan fingerprint density at radius 2 is 2.00 bits per heavy atom. The van der Waals surface area contributed by atoms with E-state index in [0.29, 0.717) is 10.0 Å². The second-order valence-corrected chi connectivity index (χ2v) is 6.78. The van der Waals surface area contributed by atoms with E-state index >= 15 is 0 Å². The summed E-state index contributed by atoms with van der Waals surface area (Å²) in [5, 5.41) is 2.80. The minimum Gasteiger partial charge on any atom is -0.316 e. The number of hydrogen-bond acceptors (Lipinski definition) is 3. The van der Waals surface area contributed by atoms with E-state index in [0.717, 1.165) is 0 Å². The van der Waals surface area contributed by atoms with Gasteiger partial charge in [-0.25, -0.2) is 17.5 Å². The third-order valence-electron chi connectivity index (χ3n) is 2.13. The minimum absolute atomic E-state index is 0.259. The number of nitrogens with one attached hydrogen (secondary N) is 2. The van der Waals surface area contributed by atoms with Gasteiger partial charge in [-0.15, -0.1) is 0 Å². The third kappa shape index (κ3) is 3.74. The average Bonchev–Trinajstić information content (AvgIpc) is 2.21. The summed E-state index contributed by atoms with van der Waals surface area (Å²) < 4.78 is 41.0. The molecule has 0 spiro atoms. The molecule has 0 aliphatic carbocycles. The van der Waals surface area contributed by atoms with Gasteiger partial charge in [0, 0.05) is 22.6 Å². The van der Waals surface area contributed by atoms with Gasteiger partial charge in [-0.3, -0.25) is 0 Å². The van der Waals surface area contributed by atoms with Gasteiger partial charge in [0.05, 0.1) is 0 Å². The molecule has 1 aromatic rings. The highest BCUT2D eigenvalue weighted by atomic mass is 79.9. The summed E-state index contributed by atoms with van der Waals surface area (Å²) in [5.41, 5.74) is 0.302. The van der Waals surface area contributed by atoms with Gasteiger partial charge in [-0.2, -0.15) is 0 Å². The third-order valence-corrected chi connectivity index (χ3v) is 4.24. The highest BCUT2D eigenvalue weighted by molar-refractivity contribution is 9.10. The average molecular weight is 339 g/mol. The van der Waals surface area contributed by atoms with Crippen molar-refractivity contribution in [3.63, 3.8) is 0 Å². The first-order chi connectivity index (χ1) is 8.27. The lowest BCUT2D eigenvalue weighted by atomic mass is 10.2. The maximum Gasteiger partial charge on any atom is 0.243 e. The minimum atomic E-state index is -3.84. The van der Waals surface area contributed by atoms with Gasteiger partial charge in [0.15, 0.2) is 0 Å². The second kappa shape index (κ2) is 6.10. The van der Waals surface area contributed by atoms with Crippen LogP contribution in [0, 0.1) is 5.82 Å². The molecule has 0 radical (unpaired) electrons. The van der Waals surface area contributed by atoms with Crippen LogP contribution in [0.5, 0.6) is 0 Å². The van der Waals surface area contributed by atoms with Crippen molar-refractivity contribution in [3.8, 4) is 0 Å². The van der Waals surface area contributed by atoms with Crippen molar-refractivity contribution in [2.24, 2.45) is 0 Å². The van der Waals surface area contributed by atoms with Crippen molar-refractivity contribution < 1.29 is 12.8 Å². The van der Waals surface area contributed by atoms with E-state index in [9.17, 15) is 12.8 Å². The van der Waals surface area contributed by atoms with E-state index in [4.69, 9.17) is 0 Å². The number of benzene rings is 1. The van der Waals surface area contributed by atoms with Crippen molar-refractivity contribution in [2.75, 3.05) is 7.05 Å². The molecule has 0 bridgehead atoms. The first-order valence-corrected chi connectivity index (χ1v) is 7.70. The van der Waals surface area contributed by atoms with Gasteiger partial charge in [0.25, 0.3) is 0 Å². The first kappa shape index (κ1) is 15.6. The number of halogens is 2. The molecule has 0 saturated heterocycles. The van der Waals surface area contributed by atoms with Crippen LogP contribution in [0.15, 0.2) is 21.5 Å². The maximum absolute atomic E-state index is 14.1. The molecule has 1 aromatic carbocycles. The van der Waals surface area contributed by atoms with Gasteiger partial charge in [-0.1, -0.05) is 15.9 Å². The monoisotopic (exact) mass is 338 g/mol. The molecule has 18 heavy (non-hydrogen) atoms. The van der Waals surface area contributed by atoms with E-state index < -0.39 is 15.8 Å². The van der Waals surface area contributed by atoms with Gasteiger partial charge >= 0.3 is 0 Å². The molecule has 1 rings (SSSR count). The zero-order chi connectivity index (χ0) is 13.9. The van der Waals surface area contributed by atoms with Crippen LogP contribution >= 0.6 is 15.9 Å². The molecule has 0 amide bonds. The zero-order valence-electron chi connectivity index (χ0n) is 10.4. The number of sulfonamides is 1. The lowest BCUT2D eigenvalue weighted by Gasteiger charge is -2.13. The van der Waals surface area contributed by atoms with Gasteiger partial charge < -0.3 is 5.32 Å². The number of rotatable bonds is 5. The predicted octanol–water partition coefficient (Wildman–Crippen LogP) is 1.99. The van der Waals surface area contributed by atoms with E-state index in [1.54, 1.807) is 27.0 Å². The van der Waals surface area contributed by atoms with E-state index in [-0.39, 0.29) is 17.5 Å². The molecule has 2 N–H and O–H groups in total. The first-order valence-electron chi connectivity index (χ1n) is 5.42. The summed E-state index contributed by atoms with van der Waals surface area (Å²) in [5.74, 6) is -0.722. The van der Waals surface area contributed by atoms with E-state index in [1.165, 1.54) is 6.07 Å². The fourth-order valence-electron chi connectivity index (χ4n) is 1.51. The second-order valence-electron chi connectivity index (χ2n) is 4.18. The summed E-state index contributed by atoms with van der Waals surface area (Å²) in [4.78, 5) is -0.337. The summed E-state index contributed by atoms with van der Waals surface area (Å²) in [6.45, 7) is 3.62. The number of hydrogen-bond donors (Lipinski definition) is 2. The van der Waals surface area contributed by atoms with Crippen LogP contribution in [0.3, 0.4) is 0 Å². The van der Waals surface area contributed by atoms with Crippen LogP contribution < -0.4 is 10.0 Å². The van der Waals surface area contributed by atoms with Crippen molar-refractivity contribution in [1.82, 2.24) is 10.0 Å². The van der Waals surface area contributed by atoms with Crippen molar-refractivity contribution in [2.45, 2.75) is 31.3 Å². The lowest BCUT2D eigenvalue weighted by Crippen LogP contribution is -2.31. The lowest BCUT2D eigenvalue weighted by molar-refractivity contribution is 0.539. The van der Waals surface area contributed by atoms with Crippen LogP contribution in [-0.4, -0.2) is 21.5 Å². The molecule has 0 aliphatic heterocycles. The molecule has 0 aromatic heterocycles. The highest BCUT2D eigenvalue weighted by Gasteiger charge is 2.22. The Morgan fingerprint density at radius 1 is 1.39 bits per heavy atom. The largest absolute Gasteiger partial charge is 0.316 e. The molecule has 0 unspecified atom stereocenters. The van der Waals surface area contributed by atoms with Crippen molar-refractivity contribution in [3.05, 3.63) is 28.0 Å². The Labute approximate surface area is 115 Å². The normalized spacial score (nSPS) is 12.1. The van der Waals surface area contributed by atoms with E-state index in [2.05, 4.69) is 26.0 Å². The molecule has 0 aliphatic rings. The maximum atomic E-state index is 14.1. The predicted molar refractivity (Wildman–Crippen MR) is 72.3 cm³/mol. The molecule has 7 heteroatoms. The Balaban J connectivity index is 3.32. The molecule has 0 fully saturated rings. The molecule has 102 valence electrons. The molecule has 0 heterocycles. The zero-order valence-corrected chi connectivity index (χ0v) is 12.8. The van der Waals surface area contributed by atoms with Crippen LogP contribution in [0.1, 0.15) is 19.4 Å². The van der Waals surface area contributed by atoms with E-state index in [1.807, 2.05) is 0 Å².